The number of nitrogens with one attached hydrogen (secondary N) is 3. The average molecular weight is 349 g/mol. The number of sulfone groups is 1. The van der Waals surface area contributed by atoms with E-state index >= 15 is 0 Å². The summed E-state index contributed by atoms with van der Waals surface area (Å²) in [5.74, 6) is -0.115. The molecular formula is C11H19N5O4S2. The van der Waals surface area contributed by atoms with Crippen LogP contribution in [0.3, 0.4) is 0 Å². The lowest BCUT2D eigenvalue weighted by atomic mass is 10.6. The molecular weight excluding hydrogens is 330 g/mol. The van der Waals surface area contributed by atoms with Crippen molar-refractivity contribution in [2.24, 2.45) is 0 Å². The molecule has 0 saturated carbocycles. The summed E-state index contributed by atoms with van der Waals surface area (Å²) in [6.45, 7) is 0.680. The number of aromatic nitrogens is 1. The third kappa shape index (κ3) is 6.83. The Morgan fingerprint density at radius 1 is 1.50 bits per heavy atom. The summed E-state index contributed by atoms with van der Waals surface area (Å²) in [6.07, 6.45) is 0.747. The lowest BCUT2D eigenvalue weighted by Crippen LogP contribution is -2.29. The molecule has 0 aliphatic rings. The lowest BCUT2D eigenvalue weighted by Gasteiger charge is -2.08. The summed E-state index contributed by atoms with van der Waals surface area (Å²) in [4.78, 5) is 14.0. The van der Waals surface area contributed by atoms with Crippen LogP contribution in [0.2, 0.25) is 0 Å². The first-order chi connectivity index (χ1) is 10.4. The van der Waals surface area contributed by atoms with Gasteiger partial charge in [0.25, 0.3) is 6.20 Å². The maximum atomic E-state index is 12.0. The molecule has 0 amide bonds. The summed E-state index contributed by atoms with van der Waals surface area (Å²) in [6, 6.07) is 0. The largest absolute Gasteiger partial charge is 0.370 e. The van der Waals surface area contributed by atoms with Crippen molar-refractivity contribution in [1.82, 2.24) is 20.9 Å². The normalized spacial score (nSPS) is 12.2. The highest BCUT2D eigenvalue weighted by atomic mass is 32.2. The molecule has 1 heterocycles. The van der Waals surface area contributed by atoms with Gasteiger partial charge in [0.15, 0.2) is 15.7 Å². The Labute approximate surface area is 132 Å². The predicted molar refractivity (Wildman–Crippen MR) is 84.5 cm³/mol. The van der Waals surface area contributed by atoms with Crippen molar-refractivity contribution < 1.29 is 13.3 Å². The summed E-state index contributed by atoms with van der Waals surface area (Å²) in [5, 5.41) is 21.1. The van der Waals surface area contributed by atoms with Crippen LogP contribution >= 0.6 is 11.3 Å². The van der Waals surface area contributed by atoms with Crippen LogP contribution in [-0.4, -0.2) is 44.7 Å². The number of rotatable bonds is 10. The zero-order chi connectivity index (χ0) is 16.6. The lowest BCUT2D eigenvalue weighted by molar-refractivity contribution is -0.404. The van der Waals surface area contributed by atoms with E-state index in [-0.39, 0.29) is 23.9 Å². The Hall–Kier alpha value is -1.72. The zero-order valence-corrected chi connectivity index (χ0v) is 14.0. The van der Waals surface area contributed by atoms with Gasteiger partial charge in [-0.1, -0.05) is 0 Å². The number of nitrogens with zero attached hydrogens (tertiary/aromatic N) is 2. The fourth-order valence-corrected chi connectivity index (χ4v) is 3.66. The first-order valence-corrected chi connectivity index (χ1v) is 9.11. The standard InChI is InChI=1S/C11H19N5O4S2/c1-12-5-11-15-9(7-21-11)8-22(19,20)4-3-14-10(13-2)6-16(17)18/h6-7,12-14H,3-5,8H2,1-2H3/b10-6+. The van der Waals surface area contributed by atoms with E-state index in [0.717, 1.165) is 11.2 Å². The van der Waals surface area contributed by atoms with E-state index in [1.165, 1.54) is 18.4 Å². The fourth-order valence-electron chi connectivity index (χ4n) is 1.59. The monoisotopic (exact) mass is 349 g/mol. The minimum absolute atomic E-state index is 0.0797. The summed E-state index contributed by atoms with van der Waals surface area (Å²) < 4.78 is 24.0. The Balaban J connectivity index is 2.51. The number of thiazole rings is 1. The van der Waals surface area contributed by atoms with Gasteiger partial charge in [-0.3, -0.25) is 10.1 Å². The maximum absolute atomic E-state index is 12.0. The zero-order valence-electron chi connectivity index (χ0n) is 12.3. The average Bonchev–Trinajstić information content (AvgIpc) is 2.83. The van der Waals surface area contributed by atoms with E-state index in [2.05, 4.69) is 20.9 Å². The topological polar surface area (TPSA) is 126 Å². The molecule has 0 aliphatic carbocycles. The van der Waals surface area contributed by atoms with Crippen molar-refractivity contribution in [3.8, 4) is 0 Å². The first kappa shape index (κ1) is 18.3. The molecule has 1 rings (SSSR count). The molecule has 1 aromatic heterocycles. The molecule has 0 fully saturated rings. The van der Waals surface area contributed by atoms with E-state index in [9.17, 15) is 18.5 Å². The number of nitro groups is 1. The molecule has 0 aromatic carbocycles. The summed E-state index contributed by atoms with van der Waals surface area (Å²) in [7, 11) is -0.0299. The quantitative estimate of drug-likeness (QED) is 0.387. The van der Waals surface area contributed by atoms with E-state index in [1.54, 1.807) is 12.4 Å². The second-order valence-electron chi connectivity index (χ2n) is 4.36. The Kier molecular flexibility index (Phi) is 7.21. The van der Waals surface area contributed by atoms with Crippen LogP contribution in [-0.2, 0) is 22.1 Å². The molecule has 0 aliphatic heterocycles. The molecule has 0 radical (unpaired) electrons. The van der Waals surface area contributed by atoms with Crippen LogP contribution in [0.5, 0.6) is 0 Å². The van der Waals surface area contributed by atoms with Crippen molar-refractivity contribution in [3.05, 3.63) is 38.2 Å². The van der Waals surface area contributed by atoms with Gasteiger partial charge in [0.1, 0.15) is 5.01 Å². The van der Waals surface area contributed by atoms with Gasteiger partial charge in [0.05, 0.1) is 22.1 Å². The number of hydrogen-bond donors (Lipinski definition) is 3. The fraction of sp³-hybridized carbons (Fsp3) is 0.545. The van der Waals surface area contributed by atoms with Crippen LogP contribution in [0.15, 0.2) is 17.4 Å². The van der Waals surface area contributed by atoms with Crippen molar-refractivity contribution in [3.63, 3.8) is 0 Å². The SMILES string of the molecule is CNCc1nc(CS(=O)(=O)CCN/C(=C/[N+](=O)[O-])NC)cs1. The van der Waals surface area contributed by atoms with Gasteiger partial charge in [0.2, 0.25) is 0 Å². The Morgan fingerprint density at radius 3 is 2.82 bits per heavy atom. The molecule has 22 heavy (non-hydrogen) atoms. The minimum Gasteiger partial charge on any atom is -0.370 e. The van der Waals surface area contributed by atoms with Crippen LogP contribution in [0.1, 0.15) is 10.7 Å². The van der Waals surface area contributed by atoms with Crippen molar-refractivity contribution in [1.29, 1.82) is 0 Å². The van der Waals surface area contributed by atoms with Crippen molar-refractivity contribution in [2.75, 3.05) is 26.4 Å². The molecule has 0 spiro atoms. The molecule has 9 nitrogen and oxygen atoms in total. The van der Waals surface area contributed by atoms with Gasteiger partial charge in [-0.05, 0) is 7.05 Å². The van der Waals surface area contributed by atoms with Crippen molar-refractivity contribution in [2.45, 2.75) is 12.3 Å². The van der Waals surface area contributed by atoms with Crippen LogP contribution < -0.4 is 16.0 Å². The van der Waals surface area contributed by atoms with Gasteiger partial charge >= 0.3 is 0 Å². The maximum Gasteiger partial charge on any atom is 0.274 e. The molecule has 124 valence electrons. The molecule has 0 saturated heterocycles. The third-order valence-corrected chi connectivity index (χ3v) is 4.99. The third-order valence-electron chi connectivity index (χ3n) is 2.53. The second-order valence-corrected chi connectivity index (χ2v) is 7.49. The van der Waals surface area contributed by atoms with Crippen molar-refractivity contribution >= 4 is 21.2 Å². The van der Waals surface area contributed by atoms with Gasteiger partial charge in [-0.15, -0.1) is 11.3 Å². The van der Waals surface area contributed by atoms with Crippen LogP contribution in [0, 0.1) is 10.1 Å². The Morgan fingerprint density at radius 2 is 2.23 bits per heavy atom. The van der Waals surface area contributed by atoms with Gasteiger partial charge in [-0.25, -0.2) is 13.4 Å². The molecule has 11 heteroatoms. The molecule has 1 aromatic rings. The summed E-state index contributed by atoms with van der Waals surface area (Å²) in [5.41, 5.74) is 0.518. The van der Waals surface area contributed by atoms with E-state index in [4.69, 9.17) is 0 Å². The van der Waals surface area contributed by atoms with Crippen LogP contribution in [0.4, 0.5) is 0 Å². The smallest absolute Gasteiger partial charge is 0.274 e. The van der Waals surface area contributed by atoms with Gasteiger partial charge < -0.3 is 16.0 Å². The molecule has 0 bridgehead atoms. The highest BCUT2D eigenvalue weighted by Gasteiger charge is 2.14. The molecule has 0 unspecified atom stereocenters. The molecule has 3 N–H and O–H groups in total. The van der Waals surface area contributed by atoms with Crippen LogP contribution in [0.25, 0.3) is 0 Å². The molecule has 0 atom stereocenters. The first-order valence-electron chi connectivity index (χ1n) is 6.41. The van der Waals surface area contributed by atoms with Gasteiger partial charge in [0, 0.05) is 25.5 Å². The highest BCUT2D eigenvalue weighted by Crippen LogP contribution is 2.12. The number of hydrogen-bond acceptors (Lipinski definition) is 9. The second kappa shape index (κ2) is 8.66. The Bertz CT molecular complexity index is 626. The van der Waals surface area contributed by atoms with E-state index in [1.807, 2.05) is 0 Å². The highest BCUT2D eigenvalue weighted by molar-refractivity contribution is 7.90. The predicted octanol–water partition coefficient (Wildman–Crippen LogP) is -0.338. The van der Waals surface area contributed by atoms with E-state index in [0.29, 0.717) is 12.2 Å². The minimum atomic E-state index is -3.33. The van der Waals surface area contributed by atoms with Gasteiger partial charge in [-0.2, -0.15) is 0 Å². The van der Waals surface area contributed by atoms with E-state index < -0.39 is 14.8 Å². The summed E-state index contributed by atoms with van der Waals surface area (Å²) >= 11 is 1.41.